The third-order valence-corrected chi connectivity index (χ3v) is 6.07. The predicted octanol–water partition coefficient (Wildman–Crippen LogP) is 4.35. The molecule has 0 aromatic heterocycles. The Labute approximate surface area is 202 Å². The van der Waals surface area contributed by atoms with Crippen molar-refractivity contribution in [2.24, 2.45) is 0 Å². The molecular weight excluding hydrogens is 446 g/mol. The van der Waals surface area contributed by atoms with Crippen LogP contribution in [0.5, 0.6) is 5.75 Å². The van der Waals surface area contributed by atoms with E-state index >= 15 is 0 Å². The number of aliphatic hydroxyl groups excluding tert-OH is 1. The van der Waals surface area contributed by atoms with Gasteiger partial charge >= 0.3 is 5.97 Å². The molecule has 7 heteroatoms. The van der Waals surface area contributed by atoms with Crippen molar-refractivity contribution in [2.45, 2.75) is 26.3 Å². The number of hydrogen-bond acceptors (Lipinski definition) is 6. The quantitative estimate of drug-likeness (QED) is 0.248. The number of aromatic hydroxyl groups is 1. The molecule has 3 aromatic carbocycles. The SMILES string of the molecule is COC(=O)Cc1ccc(N2C(=O)C(=O)/C(=C(/O)c3cc(C)ccc3C)C2c2cccc(O)c2)cc1. The number of carbonyl (C=O) groups is 3. The van der Waals surface area contributed by atoms with Gasteiger partial charge in [0.15, 0.2) is 0 Å². The van der Waals surface area contributed by atoms with Crippen LogP contribution >= 0.6 is 0 Å². The standard InChI is InChI=1S/C28H25NO6/c1-16-7-8-17(2)22(13-16)26(32)24-25(19-5-4-6-21(30)15-19)29(28(34)27(24)33)20-11-9-18(10-12-20)14-23(31)35-3/h4-13,15,25,30,32H,14H2,1-3H3/b26-24+. The van der Waals surface area contributed by atoms with Crippen LogP contribution in [0.3, 0.4) is 0 Å². The van der Waals surface area contributed by atoms with Crippen LogP contribution in [-0.4, -0.2) is 35.0 Å². The molecule has 1 amide bonds. The maximum atomic E-state index is 13.3. The lowest BCUT2D eigenvalue weighted by molar-refractivity contribution is -0.139. The maximum absolute atomic E-state index is 13.3. The molecule has 1 unspecified atom stereocenters. The summed E-state index contributed by atoms with van der Waals surface area (Å²) in [6.07, 6.45) is 0.0677. The van der Waals surface area contributed by atoms with E-state index < -0.39 is 23.7 Å². The monoisotopic (exact) mass is 471 g/mol. The topological polar surface area (TPSA) is 104 Å². The number of aryl methyl sites for hydroxylation is 2. The van der Waals surface area contributed by atoms with Gasteiger partial charge in [-0.1, -0.05) is 42.0 Å². The highest BCUT2D eigenvalue weighted by molar-refractivity contribution is 6.51. The summed E-state index contributed by atoms with van der Waals surface area (Å²) in [7, 11) is 1.31. The van der Waals surface area contributed by atoms with Gasteiger partial charge in [-0.2, -0.15) is 0 Å². The van der Waals surface area contributed by atoms with Crippen molar-refractivity contribution in [3.8, 4) is 5.75 Å². The van der Waals surface area contributed by atoms with E-state index in [2.05, 4.69) is 0 Å². The molecule has 1 aliphatic heterocycles. The molecule has 0 aliphatic carbocycles. The first-order chi connectivity index (χ1) is 16.7. The molecule has 4 rings (SSSR count). The van der Waals surface area contributed by atoms with E-state index in [9.17, 15) is 24.6 Å². The molecule has 1 atom stereocenters. The summed E-state index contributed by atoms with van der Waals surface area (Å²) in [5.41, 5.74) is 3.60. The number of carbonyl (C=O) groups excluding carboxylic acids is 3. The highest BCUT2D eigenvalue weighted by Crippen LogP contribution is 2.43. The lowest BCUT2D eigenvalue weighted by atomic mass is 9.93. The van der Waals surface area contributed by atoms with E-state index in [4.69, 9.17) is 4.74 Å². The highest BCUT2D eigenvalue weighted by Gasteiger charge is 2.47. The summed E-state index contributed by atoms with van der Waals surface area (Å²) in [6, 6.07) is 17.4. The van der Waals surface area contributed by atoms with Crippen LogP contribution in [-0.2, 0) is 25.5 Å². The number of esters is 1. The van der Waals surface area contributed by atoms with Gasteiger partial charge in [0.1, 0.15) is 11.5 Å². The number of amides is 1. The molecule has 178 valence electrons. The molecule has 1 fully saturated rings. The van der Waals surface area contributed by atoms with Crippen LogP contribution in [0.1, 0.15) is 33.9 Å². The number of benzene rings is 3. The Kier molecular flexibility index (Phi) is 6.42. The molecule has 3 aromatic rings. The Balaban J connectivity index is 1.88. The Morgan fingerprint density at radius 3 is 2.37 bits per heavy atom. The summed E-state index contributed by atoms with van der Waals surface area (Å²) >= 11 is 0. The van der Waals surface area contributed by atoms with Gasteiger partial charge < -0.3 is 14.9 Å². The average Bonchev–Trinajstić information content (AvgIpc) is 3.11. The summed E-state index contributed by atoms with van der Waals surface area (Å²) in [4.78, 5) is 39.5. The number of anilines is 1. The Hall–Kier alpha value is -4.39. The number of ketones is 1. The number of phenols is 1. The molecule has 1 saturated heterocycles. The van der Waals surface area contributed by atoms with Gasteiger partial charge in [-0.15, -0.1) is 0 Å². The Bertz CT molecular complexity index is 1360. The fourth-order valence-electron chi connectivity index (χ4n) is 4.26. The minimum atomic E-state index is -0.964. The smallest absolute Gasteiger partial charge is 0.309 e. The zero-order valence-electron chi connectivity index (χ0n) is 19.6. The van der Waals surface area contributed by atoms with Gasteiger partial charge in [0.05, 0.1) is 25.1 Å². The second-order valence-electron chi connectivity index (χ2n) is 8.50. The molecular formula is C28H25NO6. The van der Waals surface area contributed by atoms with Crippen LogP contribution in [0.2, 0.25) is 0 Å². The number of methoxy groups -OCH3 is 1. The Morgan fingerprint density at radius 1 is 1.00 bits per heavy atom. The number of ether oxygens (including phenoxy) is 1. The lowest BCUT2D eigenvalue weighted by Crippen LogP contribution is -2.29. The van der Waals surface area contributed by atoms with Gasteiger partial charge in [-0.3, -0.25) is 19.3 Å². The number of nitrogens with zero attached hydrogens (tertiary/aromatic N) is 1. The normalized spacial score (nSPS) is 17.0. The molecule has 7 nitrogen and oxygen atoms in total. The minimum absolute atomic E-state index is 0.0340. The number of hydrogen-bond donors (Lipinski definition) is 2. The van der Waals surface area contributed by atoms with Gasteiger partial charge in [-0.05, 0) is 60.9 Å². The fraction of sp³-hybridized carbons (Fsp3) is 0.179. The zero-order valence-corrected chi connectivity index (χ0v) is 19.6. The first-order valence-corrected chi connectivity index (χ1v) is 11.0. The molecule has 2 N–H and O–H groups in total. The molecule has 0 saturated carbocycles. The summed E-state index contributed by atoms with van der Waals surface area (Å²) < 4.78 is 4.70. The molecule has 0 radical (unpaired) electrons. The van der Waals surface area contributed by atoms with Crippen LogP contribution in [0.4, 0.5) is 5.69 Å². The first-order valence-electron chi connectivity index (χ1n) is 11.0. The fourth-order valence-corrected chi connectivity index (χ4v) is 4.26. The minimum Gasteiger partial charge on any atom is -0.508 e. The lowest BCUT2D eigenvalue weighted by Gasteiger charge is -2.26. The number of Topliss-reactive ketones (excluding diaryl/α,β-unsaturated/α-hetero) is 1. The van der Waals surface area contributed by atoms with Crippen molar-refractivity contribution in [3.63, 3.8) is 0 Å². The van der Waals surface area contributed by atoms with Crippen LogP contribution < -0.4 is 4.90 Å². The number of rotatable bonds is 5. The van der Waals surface area contributed by atoms with Crippen molar-refractivity contribution in [1.29, 1.82) is 0 Å². The number of aliphatic hydroxyl groups is 1. The molecule has 1 heterocycles. The third kappa shape index (κ3) is 4.53. The van der Waals surface area contributed by atoms with E-state index in [0.717, 1.165) is 11.1 Å². The largest absolute Gasteiger partial charge is 0.508 e. The maximum Gasteiger partial charge on any atom is 0.309 e. The summed E-state index contributed by atoms with van der Waals surface area (Å²) in [5.74, 6) is -2.33. The van der Waals surface area contributed by atoms with Crippen molar-refractivity contribution >= 4 is 29.1 Å². The average molecular weight is 472 g/mol. The van der Waals surface area contributed by atoms with Crippen LogP contribution in [0.15, 0.2) is 72.3 Å². The van der Waals surface area contributed by atoms with Gasteiger partial charge in [0.2, 0.25) is 0 Å². The van der Waals surface area contributed by atoms with Crippen LogP contribution in [0, 0.1) is 13.8 Å². The van der Waals surface area contributed by atoms with Crippen molar-refractivity contribution in [2.75, 3.05) is 12.0 Å². The molecule has 1 aliphatic rings. The van der Waals surface area contributed by atoms with E-state index in [1.54, 1.807) is 42.5 Å². The Morgan fingerprint density at radius 2 is 1.71 bits per heavy atom. The second kappa shape index (κ2) is 9.46. The van der Waals surface area contributed by atoms with Gasteiger partial charge in [0.25, 0.3) is 11.7 Å². The van der Waals surface area contributed by atoms with Gasteiger partial charge in [-0.25, -0.2) is 0 Å². The van der Waals surface area contributed by atoms with E-state index in [1.807, 2.05) is 26.0 Å². The zero-order chi connectivity index (χ0) is 25.3. The summed E-state index contributed by atoms with van der Waals surface area (Å²) in [5, 5.41) is 21.4. The molecule has 0 bridgehead atoms. The van der Waals surface area contributed by atoms with E-state index in [0.29, 0.717) is 22.4 Å². The van der Waals surface area contributed by atoms with Crippen LogP contribution in [0.25, 0.3) is 5.76 Å². The van der Waals surface area contributed by atoms with Crippen molar-refractivity contribution < 1.29 is 29.3 Å². The van der Waals surface area contributed by atoms with E-state index in [1.165, 1.54) is 24.1 Å². The second-order valence-corrected chi connectivity index (χ2v) is 8.50. The number of phenolic OH excluding ortho intramolecular Hbond substituents is 1. The summed E-state index contributed by atoms with van der Waals surface area (Å²) in [6.45, 7) is 3.69. The third-order valence-electron chi connectivity index (χ3n) is 6.07. The van der Waals surface area contributed by atoms with Gasteiger partial charge in [0, 0.05) is 11.3 Å². The first kappa shape index (κ1) is 23.8. The predicted molar refractivity (Wildman–Crippen MR) is 131 cm³/mol. The van der Waals surface area contributed by atoms with E-state index in [-0.39, 0.29) is 23.5 Å². The highest BCUT2D eigenvalue weighted by atomic mass is 16.5. The molecule has 35 heavy (non-hydrogen) atoms. The van der Waals surface area contributed by atoms with Crippen molar-refractivity contribution in [3.05, 3.63) is 100 Å². The molecule has 0 spiro atoms. The van der Waals surface area contributed by atoms with Crippen molar-refractivity contribution in [1.82, 2.24) is 0 Å².